The molecule has 2 aromatic carbocycles. The van der Waals surface area contributed by atoms with Gasteiger partial charge in [0, 0.05) is 37.9 Å². The fraction of sp³-hybridized carbons (Fsp3) is 0.519. The number of likely N-dealkylation sites (tertiary alicyclic amines) is 1. The van der Waals surface area contributed by atoms with E-state index in [1.165, 1.54) is 6.07 Å². The molecule has 33 heavy (non-hydrogen) atoms. The van der Waals surface area contributed by atoms with Crippen molar-refractivity contribution in [2.45, 2.75) is 38.1 Å². The summed E-state index contributed by atoms with van der Waals surface area (Å²) in [5.41, 5.74) is 1.89. The number of amides is 1. The Morgan fingerprint density at radius 2 is 1.88 bits per heavy atom. The maximum absolute atomic E-state index is 14.6. The molecule has 0 bridgehead atoms. The van der Waals surface area contributed by atoms with E-state index in [4.69, 9.17) is 9.47 Å². The minimum absolute atomic E-state index is 0.251. The molecule has 0 radical (unpaired) electrons. The summed E-state index contributed by atoms with van der Waals surface area (Å²) >= 11 is 0. The predicted molar refractivity (Wildman–Crippen MR) is 128 cm³/mol. The molecule has 2 saturated heterocycles. The molecular weight excluding hydrogens is 419 g/mol. The number of carbonyl (C=O) groups excluding carboxylic acids is 1. The number of benzene rings is 2. The summed E-state index contributed by atoms with van der Waals surface area (Å²) in [5.74, 6) is 0.587. The lowest BCUT2D eigenvalue weighted by molar-refractivity contribution is -0.149. The first-order valence-electron chi connectivity index (χ1n) is 11.9. The molecule has 5 nitrogen and oxygen atoms in total. The predicted octanol–water partition coefficient (Wildman–Crippen LogP) is 4.39. The zero-order valence-electron chi connectivity index (χ0n) is 20.0. The lowest BCUT2D eigenvalue weighted by atomic mass is 9.73. The van der Waals surface area contributed by atoms with E-state index < -0.39 is 5.41 Å². The average molecular weight is 455 g/mol. The molecule has 2 fully saturated rings. The van der Waals surface area contributed by atoms with Gasteiger partial charge in [0.1, 0.15) is 11.6 Å². The summed E-state index contributed by atoms with van der Waals surface area (Å²) in [6, 6.07) is 13.2. The summed E-state index contributed by atoms with van der Waals surface area (Å²) in [4.78, 5) is 18.2. The van der Waals surface area contributed by atoms with Crippen molar-refractivity contribution in [3.8, 4) is 16.9 Å². The largest absolute Gasteiger partial charge is 0.497 e. The fourth-order valence-corrected chi connectivity index (χ4v) is 5.24. The average Bonchev–Trinajstić information content (AvgIpc) is 2.84. The molecule has 2 aliphatic rings. The van der Waals surface area contributed by atoms with Crippen LogP contribution in [-0.4, -0.2) is 69.3 Å². The topological polar surface area (TPSA) is 42.0 Å². The highest BCUT2D eigenvalue weighted by atomic mass is 19.1. The van der Waals surface area contributed by atoms with Crippen molar-refractivity contribution in [3.05, 3.63) is 53.8 Å². The first-order valence-corrected chi connectivity index (χ1v) is 11.9. The third-order valence-corrected chi connectivity index (χ3v) is 7.34. The van der Waals surface area contributed by atoms with Gasteiger partial charge in [0.15, 0.2) is 0 Å². The molecule has 0 saturated carbocycles. The van der Waals surface area contributed by atoms with Gasteiger partial charge in [-0.05, 0) is 75.5 Å². The number of nitrogens with zero attached hydrogens (tertiary/aromatic N) is 2. The maximum Gasteiger partial charge on any atom is 0.229 e. The van der Waals surface area contributed by atoms with Crippen LogP contribution in [0.5, 0.6) is 5.75 Å². The molecule has 0 unspecified atom stereocenters. The first kappa shape index (κ1) is 23.7. The smallest absolute Gasteiger partial charge is 0.229 e. The van der Waals surface area contributed by atoms with E-state index in [0.29, 0.717) is 37.0 Å². The number of hydrogen-bond acceptors (Lipinski definition) is 4. The van der Waals surface area contributed by atoms with Gasteiger partial charge in [-0.2, -0.15) is 0 Å². The highest BCUT2D eigenvalue weighted by Crippen LogP contribution is 2.38. The Kier molecular flexibility index (Phi) is 7.35. The van der Waals surface area contributed by atoms with Crippen molar-refractivity contribution in [1.29, 1.82) is 0 Å². The molecule has 0 aliphatic carbocycles. The van der Waals surface area contributed by atoms with E-state index in [0.717, 1.165) is 49.9 Å². The normalized spacial score (nSPS) is 19.0. The summed E-state index contributed by atoms with van der Waals surface area (Å²) < 4.78 is 25.5. The fourth-order valence-electron chi connectivity index (χ4n) is 5.24. The highest BCUT2D eigenvalue weighted by Gasteiger charge is 2.43. The van der Waals surface area contributed by atoms with E-state index in [2.05, 4.69) is 23.9 Å². The Hall–Kier alpha value is -2.44. The van der Waals surface area contributed by atoms with Crippen LogP contribution in [0.3, 0.4) is 0 Å². The van der Waals surface area contributed by atoms with Crippen molar-refractivity contribution >= 4 is 5.91 Å². The maximum atomic E-state index is 14.6. The standard InChI is InChI=1S/C27H35FN2O3/c1-29(2)22-9-13-30(14-10-22)26(31)27(11-15-33-16-12-27)19-20-5-4-6-21(17-20)24-18-23(32-3)7-8-25(24)28/h4-8,17-18,22H,9-16,19H2,1-3H3. The third-order valence-electron chi connectivity index (χ3n) is 7.34. The van der Waals surface area contributed by atoms with Gasteiger partial charge < -0.3 is 19.3 Å². The summed E-state index contributed by atoms with van der Waals surface area (Å²) in [7, 11) is 5.80. The summed E-state index contributed by atoms with van der Waals surface area (Å²) in [5, 5.41) is 0. The van der Waals surface area contributed by atoms with Crippen molar-refractivity contribution in [3.63, 3.8) is 0 Å². The SMILES string of the molecule is COc1ccc(F)c(-c2cccc(CC3(C(=O)N4CCC(N(C)C)CC4)CCOCC3)c2)c1. The monoisotopic (exact) mass is 454 g/mol. The molecule has 178 valence electrons. The molecule has 6 heteroatoms. The van der Waals surface area contributed by atoms with Crippen LogP contribution in [-0.2, 0) is 16.0 Å². The van der Waals surface area contributed by atoms with E-state index >= 15 is 0 Å². The van der Waals surface area contributed by atoms with Gasteiger partial charge in [-0.25, -0.2) is 4.39 Å². The van der Waals surface area contributed by atoms with Crippen LogP contribution in [0.2, 0.25) is 0 Å². The van der Waals surface area contributed by atoms with Crippen molar-refractivity contribution in [2.24, 2.45) is 5.41 Å². The number of rotatable bonds is 6. The number of piperidine rings is 1. The number of methoxy groups -OCH3 is 1. The van der Waals surface area contributed by atoms with Crippen LogP contribution in [0.4, 0.5) is 4.39 Å². The Bertz CT molecular complexity index is 964. The Balaban J connectivity index is 1.57. The van der Waals surface area contributed by atoms with Gasteiger partial charge in [0.2, 0.25) is 5.91 Å². The Morgan fingerprint density at radius 1 is 1.15 bits per heavy atom. The van der Waals surface area contributed by atoms with Crippen LogP contribution < -0.4 is 4.74 Å². The quantitative estimate of drug-likeness (QED) is 0.649. The van der Waals surface area contributed by atoms with Gasteiger partial charge in [0.05, 0.1) is 12.5 Å². The third kappa shape index (κ3) is 5.22. The van der Waals surface area contributed by atoms with Crippen molar-refractivity contribution < 1.29 is 18.7 Å². The first-order chi connectivity index (χ1) is 15.9. The van der Waals surface area contributed by atoms with Gasteiger partial charge >= 0.3 is 0 Å². The number of hydrogen-bond donors (Lipinski definition) is 0. The van der Waals surface area contributed by atoms with Crippen LogP contribution in [0.25, 0.3) is 11.1 Å². The van der Waals surface area contributed by atoms with E-state index in [9.17, 15) is 9.18 Å². The zero-order chi connectivity index (χ0) is 23.4. The molecule has 0 spiro atoms. The van der Waals surface area contributed by atoms with Crippen molar-refractivity contribution in [2.75, 3.05) is 47.5 Å². The van der Waals surface area contributed by atoms with E-state index in [-0.39, 0.29) is 11.7 Å². The second-order valence-corrected chi connectivity index (χ2v) is 9.60. The summed E-state index contributed by atoms with van der Waals surface area (Å²) in [6.07, 6.45) is 4.10. The molecule has 0 aromatic heterocycles. The molecule has 0 atom stereocenters. The zero-order valence-corrected chi connectivity index (χ0v) is 20.0. The second-order valence-electron chi connectivity index (χ2n) is 9.60. The minimum Gasteiger partial charge on any atom is -0.497 e. The molecule has 1 amide bonds. The number of carbonyl (C=O) groups is 1. The minimum atomic E-state index is -0.464. The number of halogens is 1. The van der Waals surface area contributed by atoms with Gasteiger partial charge in [-0.15, -0.1) is 0 Å². The van der Waals surface area contributed by atoms with Gasteiger partial charge in [-0.1, -0.05) is 24.3 Å². The molecule has 4 rings (SSSR count). The van der Waals surface area contributed by atoms with E-state index in [1.54, 1.807) is 19.2 Å². The highest BCUT2D eigenvalue weighted by molar-refractivity contribution is 5.83. The molecule has 2 heterocycles. The van der Waals surface area contributed by atoms with Crippen LogP contribution >= 0.6 is 0 Å². The van der Waals surface area contributed by atoms with E-state index in [1.807, 2.05) is 24.3 Å². The lowest BCUT2D eigenvalue weighted by Crippen LogP contribution is -2.52. The van der Waals surface area contributed by atoms with Crippen LogP contribution in [0, 0.1) is 11.2 Å². The molecule has 2 aliphatic heterocycles. The van der Waals surface area contributed by atoms with Gasteiger partial charge in [-0.3, -0.25) is 4.79 Å². The van der Waals surface area contributed by atoms with Crippen molar-refractivity contribution in [1.82, 2.24) is 9.80 Å². The van der Waals surface area contributed by atoms with Crippen LogP contribution in [0.1, 0.15) is 31.2 Å². The number of ether oxygens (including phenoxy) is 2. The lowest BCUT2D eigenvalue weighted by Gasteiger charge is -2.43. The second kappa shape index (κ2) is 10.2. The molecule has 2 aromatic rings. The van der Waals surface area contributed by atoms with Crippen LogP contribution in [0.15, 0.2) is 42.5 Å². The summed E-state index contributed by atoms with van der Waals surface area (Å²) in [6.45, 7) is 2.81. The molecular formula is C27H35FN2O3. The Morgan fingerprint density at radius 3 is 2.55 bits per heavy atom. The molecule has 0 N–H and O–H groups in total. The van der Waals surface area contributed by atoms with Gasteiger partial charge in [0.25, 0.3) is 0 Å². The Labute approximate surface area is 196 Å².